The zero-order valence-corrected chi connectivity index (χ0v) is 14.6. The summed E-state index contributed by atoms with van der Waals surface area (Å²) in [6, 6.07) is 3.61. The smallest absolute Gasteiger partial charge is 0.259 e. The Morgan fingerprint density at radius 1 is 1.46 bits per heavy atom. The van der Waals surface area contributed by atoms with E-state index in [4.69, 9.17) is 4.52 Å². The van der Waals surface area contributed by atoms with Crippen LogP contribution in [0.5, 0.6) is 0 Å². The number of aromatic nitrogens is 2. The van der Waals surface area contributed by atoms with Crippen LogP contribution in [-0.2, 0) is 0 Å². The minimum Gasteiger partial charge on any atom is -0.387 e. The molecule has 3 aromatic rings. The number of nitrogens with zero attached hydrogens (tertiary/aromatic N) is 2. The van der Waals surface area contributed by atoms with Crippen LogP contribution >= 0.6 is 11.3 Å². The summed E-state index contributed by atoms with van der Waals surface area (Å²) in [5.74, 6) is -0.118. The summed E-state index contributed by atoms with van der Waals surface area (Å²) < 4.78 is 5.23. The first-order valence-corrected chi connectivity index (χ1v) is 8.67. The first kappa shape index (κ1) is 16.6. The van der Waals surface area contributed by atoms with Crippen molar-refractivity contribution in [2.45, 2.75) is 32.8 Å². The van der Waals surface area contributed by atoms with Gasteiger partial charge < -0.3 is 14.9 Å². The van der Waals surface area contributed by atoms with E-state index in [2.05, 4.69) is 15.5 Å². The van der Waals surface area contributed by atoms with E-state index in [9.17, 15) is 9.90 Å². The lowest BCUT2D eigenvalue weighted by atomic mass is 10.0. The quantitative estimate of drug-likeness (QED) is 0.741. The van der Waals surface area contributed by atoms with Gasteiger partial charge in [-0.1, -0.05) is 19.0 Å². The highest BCUT2D eigenvalue weighted by molar-refractivity contribution is 7.07. The molecule has 0 bridgehead atoms. The summed E-state index contributed by atoms with van der Waals surface area (Å²) in [6.07, 6.45) is -0.731. The number of carbonyl (C=O) groups excluding carboxylic acids is 1. The lowest BCUT2D eigenvalue weighted by molar-refractivity contribution is 0.0918. The van der Waals surface area contributed by atoms with Gasteiger partial charge in [-0.2, -0.15) is 11.3 Å². The molecule has 1 amide bonds. The molecule has 2 N–H and O–H groups in total. The van der Waals surface area contributed by atoms with Gasteiger partial charge in [-0.25, -0.2) is 4.98 Å². The third-order valence-corrected chi connectivity index (χ3v) is 4.56. The number of fused-ring (bicyclic) bond motifs is 1. The number of hydrogen-bond acceptors (Lipinski definition) is 6. The van der Waals surface area contributed by atoms with Gasteiger partial charge in [0.15, 0.2) is 0 Å². The summed E-state index contributed by atoms with van der Waals surface area (Å²) in [7, 11) is 0. The number of aliphatic hydroxyl groups is 1. The summed E-state index contributed by atoms with van der Waals surface area (Å²) in [4.78, 5) is 17.1. The van der Waals surface area contributed by atoms with Gasteiger partial charge in [0.2, 0.25) is 0 Å². The molecule has 1 atom stereocenters. The van der Waals surface area contributed by atoms with Crippen molar-refractivity contribution in [3.05, 3.63) is 45.4 Å². The molecule has 1 unspecified atom stereocenters. The zero-order valence-electron chi connectivity index (χ0n) is 13.7. The maximum absolute atomic E-state index is 12.6. The van der Waals surface area contributed by atoms with Crippen LogP contribution < -0.4 is 5.32 Å². The Morgan fingerprint density at radius 3 is 2.92 bits per heavy atom. The number of pyridine rings is 1. The normalized spacial score (nSPS) is 12.7. The molecule has 3 aromatic heterocycles. The predicted octanol–water partition coefficient (Wildman–Crippen LogP) is 3.18. The van der Waals surface area contributed by atoms with E-state index in [0.29, 0.717) is 22.4 Å². The molecule has 0 radical (unpaired) electrons. The Bertz CT molecular complexity index is 855. The molecule has 3 rings (SSSR count). The second kappa shape index (κ2) is 6.70. The fraction of sp³-hybridized carbons (Fsp3) is 0.353. The third-order valence-electron chi connectivity index (χ3n) is 3.86. The molecule has 0 fully saturated rings. The van der Waals surface area contributed by atoms with Crippen molar-refractivity contribution in [1.82, 2.24) is 15.5 Å². The van der Waals surface area contributed by atoms with Crippen molar-refractivity contribution in [1.29, 1.82) is 0 Å². The van der Waals surface area contributed by atoms with Crippen molar-refractivity contribution < 1.29 is 14.4 Å². The first-order chi connectivity index (χ1) is 11.5. The van der Waals surface area contributed by atoms with Gasteiger partial charge >= 0.3 is 0 Å². The topological polar surface area (TPSA) is 88.2 Å². The monoisotopic (exact) mass is 345 g/mol. The highest BCUT2D eigenvalue weighted by Crippen LogP contribution is 2.25. The van der Waals surface area contributed by atoms with Gasteiger partial charge in [0, 0.05) is 12.2 Å². The Kier molecular flexibility index (Phi) is 4.64. The number of nitrogens with one attached hydrogen (secondary N) is 1. The number of hydrogen-bond donors (Lipinski definition) is 2. The van der Waals surface area contributed by atoms with Crippen molar-refractivity contribution in [2.75, 3.05) is 6.54 Å². The molecule has 0 aliphatic carbocycles. The molecule has 0 aliphatic heterocycles. The van der Waals surface area contributed by atoms with Crippen LogP contribution in [0.25, 0.3) is 11.1 Å². The number of amides is 1. The van der Waals surface area contributed by atoms with Crippen molar-refractivity contribution in [3.8, 4) is 0 Å². The standard InChI is InChI=1S/C17H19N3O3S/c1-9(2)13-6-12(15-10(3)20-23-17(15)19-13)16(22)18-7-14(21)11-4-5-24-8-11/h4-6,8-9,14,21H,7H2,1-3H3,(H,18,22). The second-order valence-electron chi connectivity index (χ2n) is 5.98. The predicted molar refractivity (Wildman–Crippen MR) is 92.2 cm³/mol. The van der Waals surface area contributed by atoms with Crippen LogP contribution in [0.3, 0.4) is 0 Å². The Balaban J connectivity index is 1.87. The number of thiophene rings is 1. The average Bonchev–Trinajstić information content (AvgIpc) is 3.21. The molecule has 0 spiro atoms. The van der Waals surface area contributed by atoms with E-state index >= 15 is 0 Å². The highest BCUT2D eigenvalue weighted by Gasteiger charge is 2.20. The van der Waals surface area contributed by atoms with Crippen LogP contribution in [-0.4, -0.2) is 27.7 Å². The minimum atomic E-state index is -0.731. The summed E-state index contributed by atoms with van der Waals surface area (Å²) >= 11 is 1.51. The highest BCUT2D eigenvalue weighted by atomic mass is 32.1. The molecule has 6 nitrogen and oxygen atoms in total. The molecule has 24 heavy (non-hydrogen) atoms. The van der Waals surface area contributed by atoms with Crippen LogP contribution in [0.1, 0.15) is 53.2 Å². The van der Waals surface area contributed by atoms with Crippen LogP contribution in [0.2, 0.25) is 0 Å². The van der Waals surface area contributed by atoms with Gasteiger partial charge in [0.25, 0.3) is 11.6 Å². The van der Waals surface area contributed by atoms with Gasteiger partial charge in [0.05, 0.1) is 22.7 Å². The van der Waals surface area contributed by atoms with Gasteiger partial charge in [0.1, 0.15) is 0 Å². The van der Waals surface area contributed by atoms with E-state index in [1.54, 1.807) is 13.0 Å². The zero-order chi connectivity index (χ0) is 17.3. The first-order valence-electron chi connectivity index (χ1n) is 7.72. The molecule has 0 aliphatic rings. The number of rotatable bonds is 5. The minimum absolute atomic E-state index is 0.140. The molecule has 0 aromatic carbocycles. The number of aliphatic hydroxyl groups excluding tert-OH is 1. The van der Waals surface area contributed by atoms with Crippen molar-refractivity contribution in [3.63, 3.8) is 0 Å². The number of carbonyl (C=O) groups is 1. The van der Waals surface area contributed by atoms with E-state index in [0.717, 1.165) is 11.3 Å². The largest absolute Gasteiger partial charge is 0.387 e. The average molecular weight is 345 g/mol. The molecule has 3 heterocycles. The van der Waals surface area contributed by atoms with Gasteiger partial charge in [-0.15, -0.1) is 0 Å². The van der Waals surface area contributed by atoms with Crippen LogP contribution in [0, 0.1) is 6.92 Å². The molecular formula is C17H19N3O3S. The third kappa shape index (κ3) is 3.18. The molecule has 7 heteroatoms. The van der Waals surface area contributed by atoms with E-state index in [1.165, 1.54) is 11.3 Å². The van der Waals surface area contributed by atoms with Crippen molar-refractivity contribution in [2.24, 2.45) is 0 Å². The summed E-state index contributed by atoms with van der Waals surface area (Å²) in [5, 5.41) is 21.2. The fourth-order valence-electron chi connectivity index (χ4n) is 2.46. The maximum atomic E-state index is 12.6. The van der Waals surface area contributed by atoms with Crippen molar-refractivity contribution >= 4 is 28.3 Å². The van der Waals surface area contributed by atoms with E-state index < -0.39 is 6.10 Å². The lowest BCUT2D eigenvalue weighted by Gasteiger charge is -2.12. The second-order valence-corrected chi connectivity index (χ2v) is 6.76. The Labute approximate surface area is 143 Å². The molecular weight excluding hydrogens is 326 g/mol. The van der Waals surface area contributed by atoms with E-state index in [-0.39, 0.29) is 18.4 Å². The molecule has 0 saturated heterocycles. The SMILES string of the molecule is Cc1noc2nc(C(C)C)cc(C(=O)NCC(O)c3ccsc3)c12. The molecule has 126 valence electrons. The lowest BCUT2D eigenvalue weighted by Crippen LogP contribution is -2.28. The summed E-state index contributed by atoms with van der Waals surface area (Å²) in [6.45, 7) is 5.92. The summed E-state index contributed by atoms with van der Waals surface area (Å²) in [5.41, 5.74) is 3.02. The Hall–Kier alpha value is -2.25. The van der Waals surface area contributed by atoms with Crippen LogP contribution in [0.4, 0.5) is 0 Å². The van der Waals surface area contributed by atoms with Gasteiger partial charge in [-0.3, -0.25) is 4.79 Å². The van der Waals surface area contributed by atoms with E-state index in [1.807, 2.05) is 30.7 Å². The van der Waals surface area contributed by atoms with Crippen LogP contribution in [0.15, 0.2) is 27.4 Å². The molecule has 0 saturated carbocycles. The number of aryl methyl sites for hydroxylation is 1. The fourth-order valence-corrected chi connectivity index (χ4v) is 3.16. The van der Waals surface area contributed by atoms with Gasteiger partial charge in [-0.05, 0) is 41.3 Å². The Morgan fingerprint density at radius 2 is 2.25 bits per heavy atom. The maximum Gasteiger partial charge on any atom is 0.259 e.